The summed E-state index contributed by atoms with van der Waals surface area (Å²) in [5.41, 5.74) is 8.37. The fourth-order valence-electron chi connectivity index (χ4n) is 2.65. The van der Waals surface area contributed by atoms with E-state index in [1.54, 1.807) is 30.3 Å². The van der Waals surface area contributed by atoms with Gasteiger partial charge in [0.1, 0.15) is 11.6 Å². The maximum atomic E-state index is 13.2. The second-order valence-electron chi connectivity index (χ2n) is 5.63. The molecule has 0 aliphatic carbocycles. The summed E-state index contributed by atoms with van der Waals surface area (Å²) in [6, 6.07) is 12.7. The smallest absolute Gasteiger partial charge is 0.199 e. The van der Waals surface area contributed by atoms with Crippen molar-refractivity contribution >= 4 is 17.4 Å². The summed E-state index contributed by atoms with van der Waals surface area (Å²) < 4.78 is 18.6. The predicted octanol–water partition coefficient (Wildman–Crippen LogP) is 4.04. The lowest BCUT2D eigenvalue weighted by molar-refractivity contribution is 0.104. The number of nitrogen functional groups attached to an aromatic ring is 1. The van der Waals surface area contributed by atoms with Gasteiger partial charge in [-0.3, -0.25) is 9.89 Å². The number of anilines is 1. The van der Waals surface area contributed by atoms with E-state index in [1.807, 2.05) is 13.0 Å². The van der Waals surface area contributed by atoms with Gasteiger partial charge in [-0.1, -0.05) is 24.8 Å². The van der Waals surface area contributed by atoms with Crippen LogP contribution in [0.1, 0.15) is 28.4 Å². The number of rotatable bonds is 6. The number of carbonyl (C=O) groups is 1. The normalized spacial score (nSPS) is 10.5. The van der Waals surface area contributed by atoms with Gasteiger partial charge in [-0.05, 0) is 37.3 Å². The molecule has 0 unspecified atom stereocenters. The SMILES string of the molecule is C=C(OCC)c1cccc(C(=O)c2c(N)n[nH]c2-c2ccc(F)cc2)c1. The van der Waals surface area contributed by atoms with Crippen LogP contribution in [0, 0.1) is 5.82 Å². The van der Waals surface area contributed by atoms with Gasteiger partial charge in [0.2, 0.25) is 0 Å². The molecule has 0 fully saturated rings. The Labute approximate surface area is 150 Å². The molecule has 5 nitrogen and oxygen atoms in total. The molecular weight excluding hydrogens is 333 g/mol. The topological polar surface area (TPSA) is 81.0 Å². The number of ketones is 1. The average molecular weight is 351 g/mol. The van der Waals surface area contributed by atoms with Crippen molar-refractivity contribution in [1.82, 2.24) is 10.2 Å². The van der Waals surface area contributed by atoms with E-state index in [1.165, 1.54) is 12.1 Å². The number of nitrogens with zero attached hydrogens (tertiary/aromatic N) is 1. The first-order valence-corrected chi connectivity index (χ1v) is 8.08. The highest BCUT2D eigenvalue weighted by Crippen LogP contribution is 2.28. The number of benzene rings is 2. The van der Waals surface area contributed by atoms with Crippen LogP contribution in [-0.2, 0) is 4.74 Å². The molecule has 0 atom stereocenters. The van der Waals surface area contributed by atoms with Crippen molar-refractivity contribution < 1.29 is 13.9 Å². The fourth-order valence-corrected chi connectivity index (χ4v) is 2.65. The van der Waals surface area contributed by atoms with Crippen LogP contribution in [0.15, 0.2) is 55.1 Å². The first kappa shape index (κ1) is 17.4. The Hall–Kier alpha value is -3.41. The first-order valence-electron chi connectivity index (χ1n) is 8.08. The molecule has 1 aromatic heterocycles. The average Bonchev–Trinajstić information content (AvgIpc) is 3.03. The number of H-pyrrole nitrogens is 1. The van der Waals surface area contributed by atoms with Gasteiger partial charge in [0.25, 0.3) is 0 Å². The summed E-state index contributed by atoms with van der Waals surface area (Å²) in [6.45, 7) is 6.21. The highest BCUT2D eigenvalue weighted by Gasteiger charge is 2.22. The number of aromatic nitrogens is 2. The molecule has 0 saturated carbocycles. The Morgan fingerprint density at radius 2 is 1.92 bits per heavy atom. The van der Waals surface area contributed by atoms with E-state index in [0.29, 0.717) is 34.8 Å². The van der Waals surface area contributed by atoms with E-state index in [9.17, 15) is 9.18 Å². The van der Waals surface area contributed by atoms with E-state index < -0.39 is 0 Å². The molecule has 0 radical (unpaired) electrons. The number of aromatic amines is 1. The van der Waals surface area contributed by atoms with Crippen molar-refractivity contribution in [3.05, 3.63) is 77.6 Å². The lowest BCUT2D eigenvalue weighted by Crippen LogP contribution is -2.06. The quantitative estimate of drug-likeness (QED) is 0.519. The third-order valence-electron chi connectivity index (χ3n) is 3.92. The van der Waals surface area contributed by atoms with E-state index >= 15 is 0 Å². The Bertz CT molecular complexity index is 961. The molecule has 0 spiro atoms. The number of hydrogen-bond donors (Lipinski definition) is 2. The van der Waals surface area contributed by atoms with Gasteiger partial charge in [0, 0.05) is 16.7 Å². The number of nitrogens with one attached hydrogen (secondary N) is 1. The van der Waals surface area contributed by atoms with Crippen LogP contribution in [0.5, 0.6) is 0 Å². The minimum absolute atomic E-state index is 0.0864. The van der Waals surface area contributed by atoms with Crippen LogP contribution in [0.2, 0.25) is 0 Å². The predicted molar refractivity (Wildman–Crippen MR) is 98.9 cm³/mol. The van der Waals surface area contributed by atoms with Gasteiger partial charge in [0.05, 0.1) is 17.9 Å². The standard InChI is InChI=1S/C20H18FN3O2/c1-3-26-12(2)14-5-4-6-15(11-14)19(25)17-18(23-24-20(17)22)13-7-9-16(21)10-8-13/h4-11H,2-3H2,1H3,(H3,22,23,24). The van der Waals surface area contributed by atoms with E-state index in [4.69, 9.17) is 10.5 Å². The molecule has 1 heterocycles. The van der Waals surface area contributed by atoms with E-state index in [0.717, 1.165) is 0 Å². The summed E-state index contributed by atoms with van der Waals surface area (Å²) in [6.07, 6.45) is 0. The fraction of sp³-hybridized carbons (Fsp3) is 0.100. The van der Waals surface area contributed by atoms with Crippen LogP contribution in [-0.4, -0.2) is 22.6 Å². The van der Waals surface area contributed by atoms with Crippen LogP contribution < -0.4 is 5.73 Å². The van der Waals surface area contributed by atoms with Crippen molar-refractivity contribution in [3.8, 4) is 11.3 Å². The molecule has 0 saturated heterocycles. The minimum atomic E-state index is -0.365. The molecule has 3 rings (SSSR count). The van der Waals surface area contributed by atoms with E-state index in [-0.39, 0.29) is 23.0 Å². The summed E-state index contributed by atoms with van der Waals surface area (Å²) in [5.74, 6) is -0.0811. The Kier molecular flexibility index (Phi) is 4.84. The van der Waals surface area contributed by atoms with Gasteiger partial charge < -0.3 is 10.5 Å². The van der Waals surface area contributed by atoms with Crippen LogP contribution in [0.4, 0.5) is 10.2 Å². The summed E-state index contributed by atoms with van der Waals surface area (Å²) >= 11 is 0. The minimum Gasteiger partial charge on any atom is -0.494 e. The lowest BCUT2D eigenvalue weighted by Gasteiger charge is -2.09. The van der Waals surface area contributed by atoms with E-state index in [2.05, 4.69) is 16.8 Å². The third kappa shape index (κ3) is 3.35. The zero-order valence-corrected chi connectivity index (χ0v) is 14.3. The molecule has 6 heteroatoms. The Morgan fingerprint density at radius 1 is 1.23 bits per heavy atom. The lowest BCUT2D eigenvalue weighted by atomic mass is 9.98. The summed E-state index contributed by atoms with van der Waals surface area (Å²) in [7, 11) is 0. The van der Waals surface area contributed by atoms with Crippen molar-refractivity contribution in [3.63, 3.8) is 0 Å². The Balaban J connectivity index is 2.01. The zero-order valence-electron chi connectivity index (χ0n) is 14.3. The van der Waals surface area contributed by atoms with Crippen LogP contribution >= 0.6 is 0 Å². The second kappa shape index (κ2) is 7.23. The molecule has 132 valence electrons. The molecule has 26 heavy (non-hydrogen) atoms. The third-order valence-corrected chi connectivity index (χ3v) is 3.92. The molecule has 0 aliphatic heterocycles. The zero-order chi connectivity index (χ0) is 18.7. The number of ether oxygens (including phenoxy) is 1. The summed E-state index contributed by atoms with van der Waals surface area (Å²) in [5, 5.41) is 6.70. The molecule has 3 N–H and O–H groups in total. The molecule has 0 aliphatic rings. The number of nitrogens with two attached hydrogens (primary N) is 1. The maximum absolute atomic E-state index is 13.2. The molecule has 3 aromatic rings. The van der Waals surface area contributed by atoms with Gasteiger partial charge in [-0.15, -0.1) is 0 Å². The molecule has 0 amide bonds. The molecule has 2 aromatic carbocycles. The maximum Gasteiger partial charge on any atom is 0.199 e. The highest BCUT2D eigenvalue weighted by molar-refractivity contribution is 6.15. The number of hydrogen-bond acceptors (Lipinski definition) is 4. The van der Waals surface area contributed by atoms with Crippen molar-refractivity contribution in [1.29, 1.82) is 0 Å². The number of halogens is 1. The second-order valence-corrected chi connectivity index (χ2v) is 5.63. The largest absolute Gasteiger partial charge is 0.494 e. The molecule has 0 bridgehead atoms. The number of carbonyl (C=O) groups excluding carboxylic acids is 1. The summed E-state index contributed by atoms with van der Waals surface area (Å²) in [4.78, 5) is 13.0. The highest BCUT2D eigenvalue weighted by atomic mass is 19.1. The van der Waals surface area contributed by atoms with Crippen molar-refractivity contribution in [2.75, 3.05) is 12.3 Å². The Morgan fingerprint density at radius 3 is 2.62 bits per heavy atom. The van der Waals surface area contributed by atoms with Gasteiger partial charge in [-0.25, -0.2) is 4.39 Å². The van der Waals surface area contributed by atoms with Gasteiger partial charge in [-0.2, -0.15) is 5.10 Å². The van der Waals surface area contributed by atoms with Gasteiger partial charge >= 0.3 is 0 Å². The monoisotopic (exact) mass is 351 g/mol. The van der Waals surface area contributed by atoms with Gasteiger partial charge in [0.15, 0.2) is 11.6 Å². The van der Waals surface area contributed by atoms with Crippen molar-refractivity contribution in [2.24, 2.45) is 0 Å². The van der Waals surface area contributed by atoms with Crippen molar-refractivity contribution in [2.45, 2.75) is 6.92 Å². The van der Waals surface area contributed by atoms with Crippen LogP contribution in [0.25, 0.3) is 17.0 Å². The molecular formula is C20H18FN3O2. The first-order chi connectivity index (χ1) is 12.5. The van der Waals surface area contributed by atoms with Crippen LogP contribution in [0.3, 0.4) is 0 Å².